The van der Waals surface area contributed by atoms with Crippen molar-refractivity contribution in [3.05, 3.63) is 35.6 Å². The Kier molecular flexibility index (Phi) is 4.57. The molecule has 1 aromatic rings. The maximum Gasteiger partial charge on any atom is 0.318 e. The molecule has 1 aromatic carbocycles. The van der Waals surface area contributed by atoms with Gasteiger partial charge in [-0.1, -0.05) is 12.1 Å². The normalized spacial score (nSPS) is 23.3. The lowest BCUT2D eigenvalue weighted by atomic mass is 10.2. The monoisotopic (exact) mass is 340 g/mol. The standard InChI is InChI=1S/C16H21FN2O3S/c17-13-5-3-12(4-6-13)10-19(15-7-8-15)16(20)18-14-2-1-9-23(21,22)11-14/h3-6,14-15H,1-2,7-11H2,(H,18,20)/t14-/m1/s1. The molecule has 23 heavy (non-hydrogen) atoms. The first-order valence-electron chi connectivity index (χ1n) is 7.95. The predicted octanol–water partition coefficient (Wildman–Crippen LogP) is 2.08. The Labute approximate surface area is 135 Å². The van der Waals surface area contributed by atoms with Crippen LogP contribution in [-0.4, -0.2) is 42.9 Å². The lowest BCUT2D eigenvalue weighted by Crippen LogP contribution is -2.49. The first-order valence-corrected chi connectivity index (χ1v) is 9.77. The average molecular weight is 340 g/mol. The van der Waals surface area contributed by atoms with E-state index in [1.165, 1.54) is 12.1 Å². The topological polar surface area (TPSA) is 66.5 Å². The number of nitrogens with one attached hydrogen (secondary N) is 1. The minimum absolute atomic E-state index is 0.0216. The SMILES string of the molecule is O=C(N[C@@H]1CCCS(=O)(=O)C1)N(Cc1ccc(F)cc1)C1CC1. The molecule has 1 saturated carbocycles. The van der Waals surface area contributed by atoms with Crippen LogP contribution in [0.2, 0.25) is 0 Å². The molecule has 1 aliphatic heterocycles. The number of amides is 2. The van der Waals surface area contributed by atoms with E-state index < -0.39 is 9.84 Å². The van der Waals surface area contributed by atoms with Gasteiger partial charge in [0, 0.05) is 18.6 Å². The van der Waals surface area contributed by atoms with Gasteiger partial charge in [-0.05, 0) is 43.4 Å². The van der Waals surface area contributed by atoms with Crippen LogP contribution < -0.4 is 5.32 Å². The van der Waals surface area contributed by atoms with Crippen LogP contribution in [0, 0.1) is 5.82 Å². The molecule has 126 valence electrons. The van der Waals surface area contributed by atoms with Crippen molar-refractivity contribution in [3.63, 3.8) is 0 Å². The molecule has 1 aliphatic carbocycles. The first kappa shape index (κ1) is 16.2. The van der Waals surface area contributed by atoms with Crippen molar-refractivity contribution in [2.24, 2.45) is 0 Å². The summed E-state index contributed by atoms with van der Waals surface area (Å²) in [5.74, 6) is -0.0710. The van der Waals surface area contributed by atoms with Crippen LogP contribution in [0.4, 0.5) is 9.18 Å². The van der Waals surface area contributed by atoms with E-state index in [0.717, 1.165) is 18.4 Å². The second-order valence-electron chi connectivity index (χ2n) is 6.39. The van der Waals surface area contributed by atoms with Gasteiger partial charge in [0.25, 0.3) is 0 Å². The molecule has 1 N–H and O–H groups in total. The van der Waals surface area contributed by atoms with Gasteiger partial charge >= 0.3 is 6.03 Å². The Balaban J connectivity index is 1.64. The third-order valence-electron chi connectivity index (χ3n) is 4.31. The minimum Gasteiger partial charge on any atom is -0.334 e. The van der Waals surface area contributed by atoms with Gasteiger partial charge < -0.3 is 10.2 Å². The Morgan fingerprint density at radius 2 is 1.91 bits per heavy atom. The van der Waals surface area contributed by atoms with E-state index in [1.807, 2.05) is 0 Å². The molecule has 0 unspecified atom stereocenters. The van der Waals surface area contributed by atoms with Gasteiger partial charge in [-0.25, -0.2) is 17.6 Å². The zero-order valence-electron chi connectivity index (χ0n) is 12.9. The molecule has 0 radical (unpaired) electrons. The quantitative estimate of drug-likeness (QED) is 0.912. The molecule has 1 heterocycles. The number of rotatable bonds is 4. The molecule has 1 atom stereocenters. The summed E-state index contributed by atoms with van der Waals surface area (Å²) in [5, 5.41) is 2.86. The second-order valence-corrected chi connectivity index (χ2v) is 8.62. The predicted molar refractivity (Wildman–Crippen MR) is 85.2 cm³/mol. The van der Waals surface area contributed by atoms with Gasteiger partial charge in [0.05, 0.1) is 11.5 Å². The average Bonchev–Trinajstić information content (AvgIpc) is 3.30. The highest BCUT2D eigenvalue weighted by Crippen LogP contribution is 2.28. The lowest BCUT2D eigenvalue weighted by molar-refractivity contribution is 0.188. The summed E-state index contributed by atoms with van der Waals surface area (Å²) in [6.07, 6.45) is 3.20. The van der Waals surface area contributed by atoms with Crippen molar-refractivity contribution < 1.29 is 17.6 Å². The summed E-state index contributed by atoms with van der Waals surface area (Å²) in [5.41, 5.74) is 0.865. The van der Waals surface area contributed by atoms with Crippen LogP contribution in [0.3, 0.4) is 0 Å². The fourth-order valence-electron chi connectivity index (χ4n) is 2.93. The zero-order valence-corrected chi connectivity index (χ0v) is 13.7. The molecule has 0 aromatic heterocycles. The smallest absolute Gasteiger partial charge is 0.318 e. The summed E-state index contributed by atoms with van der Waals surface area (Å²) in [7, 11) is -3.05. The van der Waals surface area contributed by atoms with E-state index in [-0.39, 0.29) is 35.4 Å². The number of hydrogen-bond donors (Lipinski definition) is 1. The summed E-state index contributed by atoms with van der Waals surface area (Å²) in [6.45, 7) is 0.413. The Hall–Kier alpha value is -1.63. The van der Waals surface area contributed by atoms with Crippen LogP contribution in [0.25, 0.3) is 0 Å². The largest absolute Gasteiger partial charge is 0.334 e. The van der Waals surface area contributed by atoms with Crippen LogP contribution >= 0.6 is 0 Å². The maximum absolute atomic E-state index is 13.0. The Morgan fingerprint density at radius 3 is 2.52 bits per heavy atom. The molecule has 3 rings (SSSR count). The fourth-order valence-corrected chi connectivity index (χ4v) is 4.57. The lowest BCUT2D eigenvalue weighted by Gasteiger charge is -2.28. The van der Waals surface area contributed by atoms with Gasteiger partial charge in [0.15, 0.2) is 9.84 Å². The summed E-state index contributed by atoms with van der Waals surface area (Å²) >= 11 is 0. The van der Waals surface area contributed by atoms with E-state index in [2.05, 4.69) is 5.32 Å². The molecule has 0 spiro atoms. The number of halogens is 1. The van der Waals surface area contributed by atoms with Gasteiger partial charge in [-0.3, -0.25) is 0 Å². The molecule has 2 amide bonds. The highest BCUT2D eigenvalue weighted by molar-refractivity contribution is 7.91. The van der Waals surface area contributed by atoms with E-state index in [9.17, 15) is 17.6 Å². The van der Waals surface area contributed by atoms with E-state index in [0.29, 0.717) is 19.4 Å². The van der Waals surface area contributed by atoms with Gasteiger partial charge in [-0.2, -0.15) is 0 Å². The number of urea groups is 1. The molecule has 0 bridgehead atoms. The molecule has 7 heteroatoms. The zero-order chi connectivity index (χ0) is 16.4. The van der Waals surface area contributed by atoms with Crippen LogP contribution in [0.1, 0.15) is 31.2 Å². The number of nitrogens with zero attached hydrogens (tertiary/aromatic N) is 1. The number of carbonyl (C=O) groups excluding carboxylic acids is 1. The molecular formula is C16H21FN2O3S. The van der Waals surface area contributed by atoms with Gasteiger partial charge in [-0.15, -0.1) is 0 Å². The number of carbonyl (C=O) groups is 1. The van der Waals surface area contributed by atoms with E-state index >= 15 is 0 Å². The summed E-state index contributed by atoms with van der Waals surface area (Å²) in [4.78, 5) is 14.3. The van der Waals surface area contributed by atoms with Crippen LogP contribution in [-0.2, 0) is 16.4 Å². The highest BCUT2D eigenvalue weighted by atomic mass is 32.2. The van der Waals surface area contributed by atoms with Crippen molar-refractivity contribution in [2.45, 2.75) is 44.3 Å². The van der Waals surface area contributed by atoms with Crippen molar-refractivity contribution in [1.82, 2.24) is 10.2 Å². The number of hydrogen-bond acceptors (Lipinski definition) is 3. The van der Waals surface area contributed by atoms with Gasteiger partial charge in [0.1, 0.15) is 5.82 Å². The van der Waals surface area contributed by atoms with E-state index in [4.69, 9.17) is 0 Å². The second kappa shape index (κ2) is 6.47. The third kappa shape index (κ3) is 4.43. The minimum atomic E-state index is -3.05. The molecule has 2 fully saturated rings. The van der Waals surface area contributed by atoms with Crippen molar-refractivity contribution in [1.29, 1.82) is 0 Å². The fraction of sp³-hybridized carbons (Fsp3) is 0.562. The van der Waals surface area contributed by atoms with Crippen LogP contribution in [0.15, 0.2) is 24.3 Å². The van der Waals surface area contributed by atoms with Gasteiger partial charge in [0.2, 0.25) is 0 Å². The Bertz CT molecular complexity index is 671. The molecular weight excluding hydrogens is 319 g/mol. The summed E-state index contributed by atoms with van der Waals surface area (Å²) < 4.78 is 36.3. The Morgan fingerprint density at radius 1 is 1.22 bits per heavy atom. The van der Waals surface area contributed by atoms with Crippen molar-refractivity contribution in [2.75, 3.05) is 11.5 Å². The third-order valence-corrected chi connectivity index (χ3v) is 6.13. The highest BCUT2D eigenvalue weighted by Gasteiger charge is 2.34. The van der Waals surface area contributed by atoms with Crippen molar-refractivity contribution >= 4 is 15.9 Å². The first-order chi connectivity index (χ1) is 10.9. The van der Waals surface area contributed by atoms with E-state index in [1.54, 1.807) is 17.0 Å². The number of sulfone groups is 1. The molecule has 2 aliphatic rings. The maximum atomic E-state index is 13.0. The van der Waals surface area contributed by atoms with Crippen LogP contribution in [0.5, 0.6) is 0 Å². The molecule has 1 saturated heterocycles. The van der Waals surface area contributed by atoms with Crippen molar-refractivity contribution in [3.8, 4) is 0 Å². The summed E-state index contributed by atoms with van der Waals surface area (Å²) in [6, 6.07) is 5.76. The molecule has 5 nitrogen and oxygen atoms in total. The number of benzene rings is 1.